The lowest BCUT2D eigenvalue weighted by molar-refractivity contribution is 0.371. The molecule has 0 saturated carbocycles. The Morgan fingerprint density at radius 3 is 2.79 bits per heavy atom. The van der Waals surface area contributed by atoms with E-state index in [4.69, 9.17) is 10.00 Å². The van der Waals surface area contributed by atoms with E-state index in [-0.39, 0.29) is 0 Å². The highest BCUT2D eigenvalue weighted by Gasteiger charge is 2.06. The summed E-state index contributed by atoms with van der Waals surface area (Å²) in [5.41, 5.74) is 1.91. The smallest absolute Gasteiger partial charge is 0.121 e. The lowest BCUT2D eigenvalue weighted by Crippen LogP contribution is -1.87. The van der Waals surface area contributed by atoms with Crippen molar-refractivity contribution in [1.29, 1.82) is 5.26 Å². The first kappa shape index (κ1) is 10.0. The van der Waals surface area contributed by atoms with Crippen LogP contribution in [0.15, 0.2) is 29.8 Å². The van der Waals surface area contributed by atoms with Gasteiger partial charge in [0.2, 0.25) is 0 Å². The predicted octanol–water partition coefficient (Wildman–Crippen LogP) is 2.51. The number of methoxy groups -OCH3 is 1. The summed E-state index contributed by atoms with van der Waals surface area (Å²) < 4.78 is 4.99. The number of benzene rings is 1. The third-order valence-electron chi connectivity index (χ3n) is 1.84. The molecule has 0 fully saturated rings. The minimum absolute atomic E-state index is 0.476. The number of ether oxygens (including phenoxy) is 1. The minimum atomic E-state index is 0.476. The first-order valence-electron chi connectivity index (χ1n) is 3.97. The monoisotopic (exact) mass is 186 g/mol. The molecule has 0 atom stereocenters. The van der Waals surface area contributed by atoms with E-state index in [0.29, 0.717) is 22.6 Å². The van der Waals surface area contributed by atoms with Gasteiger partial charge in [-0.15, -0.1) is 0 Å². The van der Waals surface area contributed by atoms with Crippen LogP contribution in [0.3, 0.4) is 0 Å². The van der Waals surface area contributed by atoms with Crippen molar-refractivity contribution in [2.24, 2.45) is 4.99 Å². The van der Waals surface area contributed by atoms with Gasteiger partial charge in [0.15, 0.2) is 0 Å². The van der Waals surface area contributed by atoms with Crippen LogP contribution >= 0.6 is 0 Å². The number of hydrogen-bond acceptors (Lipinski definition) is 3. The normalized spacial score (nSPS) is 8.86. The van der Waals surface area contributed by atoms with Crippen molar-refractivity contribution in [2.75, 3.05) is 7.11 Å². The summed E-state index contributed by atoms with van der Waals surface area (Å²) in [7, 11) is 1.52. The molecule has 0 bridgehead atoms. The molecule has 70 valence electrons. The lowest BCUT2D eigenvalue weighted by Gasteiger charge is -2.07. The van der Waals surface area contributed by atoms with Crippen LogP contribution in [-0.2, 0) is 4.74 Å². The van der Waals surface area contributed by atoms with E-state index in [0.717, 1.165) is 0 Å². The molecular weight excluding hydrogens is 176 g/mol. The summed E-state index contributed by atoms with van der Waals surface area (Å²) in [5.74, 6) is 0.476. The van der Waals surface area contributed by atoms with Gasteiger partial charge in [-0.25, -0.2) is 0 Å². The van der Waals surface area contributed by atoms with E-state index in [1.807, 2.05) is 6.07 Å². The Morgan fingerprint density at radius 2 is 2.29 bits per heavy atom. The van der Waals surface area contributed by atoms with Crippen molar-refractivity contribution in [1.82, 2.24) is 0 Å². The SMILES string of the molecule is C=Nc1ccc(C#N)cc1C(=C)OC. The number of hydrogen-bond donors (Lipinski definition) is 0. The van der Waals surface area contributed by atoms with E-state index < -0.39 is 0 Å². The van der Waals surface area contributed by atoms with Crippen molar-refractivity contribution in [3.05, 3.63) is 35.9 Å². The Bertz CT molecular complexity index is 416. The van der Waals surface area contributed by atoms with Gasteiger partial charge in [0, 0.05) is 5.56 Å². The third-order valence-corrected chi connectivity index (χ3v) is 1.84. The maximum atomic E-state index is 8.71. The molecule has 0 heterocycles. The van der Waals surface area contributed by atoms with Gasteiger partial charge >= 0.3 is 0 Å². The van der Waals surface area contributed by atoms with Crippen molar-refractivity contribution in [3.8, 4) is 6.07 Å². The second kappa shape index (κ2) is 4.24. The van der Waals surface area contributed by atoms with E-state index in [2.05, 4.69) is 18.3 Å². The van der Waals surface area contributed by atoms with Crippen LogP contribution in [0.25, 0.3) is 5.76 Å². The molecule has 0 aliphatic heterocycles. The highest BCUT2D eigenvalue weighted by Crippen LogP contribution is 2.26. The van der Waals surface area contributed by atoms with Crippen LogP contribution in [0.1, 0.15) is 11.1 Å². The molecule has 0 saturated heterocycles. The van der Waals surface area contributed by atoms with E-state index in [1.165, 1.54) is 7.11 Å². The van der Waals surface area contributed by atoms with Crippen LogP contribution in [0, 0.1) is 11.3 Å². The maximum Gasteiger partial charge on any atom is 0.121 e. The molecule has 1 aromatic carbocycles. The zero-order valence-corrected chi connectivity index (χ0v) is 7.95. The first-order chi connectivity index (χ1) is 6.72. The van der Waals surface area contributed by atoms with Gasteiger partial charge in [0.25, 0.3) is 0 Å². The molecular formula is C11H10N2O. The summed E-state index contributed by atoms with van der Waals surface area (Å²) >= 11 is 0. The first-order valence-corrected chi connectivity index (χ1v) is 3.97. The summed E-state index contributed by atoms with van der Waals surface area (Å²) in [4.78, 5) is 3.81. The van der Waals surface area contributed by atoms with Crippen molar-refractivity contribution >= 4 is 18.2 Å². The van der Waals surface area contributed by atoms with Gasteiger partial charge in [-0.3, -0.25) is 4.99 Å². The van der Waals surface area contributed by atoms with E-state index >= 15 is 0 Å². The molecule has 0 aromatic heterocycles. The Morgan fingerprint density at radius 1 is 1.57 bits per heavy atom. The molecule has 1 aromatic rings. The third kappa shape index (κ3) is 1.80. The van der Waals surface area contributed by atoms with Gasteiger partial charge in [0.05, 0.1) is 24.4 Å². The van der Waals surface area contributed by atoms with Gasteiger partial charge in [0.1, 0.15) is 5.76 Å². The molecule has 0 spiro atoms. The molecule has 3 heteroatoms. The Labute approximate surface area is 83.0 Å². The second-order valence-electron chi connectivity index (χ2n) is 2.63. The fraction of sp³-hybridized carbons (Fsp3) is 0.0909. The zero-order chi connectivity index (χ0) is 10.6. The summed E-state index contributed by atoms with van der Waals surface area (Å²) in [6, 6.07) is 7.11. The number of rotatable bonds is 3. The minimum Gasteiger partial charge on any atom is -0.497 e. The van der Waals surface area contributed by atoms with Gasteiger partial charge in [-0.05, 0) is 24.9 Å². The highest BCUT2D eigenvalue weighted by molar-refractivity contribution is 5.72. The lowest BCUT2D eigenvalue weighted by atomic mass is 10.1. The predicted molar refractivity (Wildman–Crippen MR) is 56.4 cm³/mol. The highest BCUT2D eigenvalue weighted by atomic mass is 16.5. The summed E-state index contributed by atoms with van der Waals surface area (Å²) in [6.07, 6.45) is 0. The van der Waals surface area contributed by atoms with Crippen LogP contribution in [0.2, 0.25) is 0 Å². The summed E-state index contributed by atoms with van der Waals surface area (Å²) in [6.45, 7) is 7.14. The fourth-order valence-electron chi connectivity index (χ4n) is 1.08. The Balaban J connectivity index is 3.30. The maximum absolute atomic E-state index is 8.71. The zero-order valence-electron chi connectivity index (χ0n) is 7.95. The standard InChI is InChI=1S/C11H10N2O/c1-8(14-3)10-6-9(7-12)4-5-11(10)13-2/h4-6H,1-2H2,3H3. The quantitative estimate of drug-likeness (QED) is 0.537. The number of aliphatic imine (C=N–C) groups is 1. The average molecular weight is 186 g/mol. The van der Waals surface area contributed by atoms with Crippen molar-refractivity contribution < 1.29 is 4.74 Å². The molecule has 0 radical (unpaired) electrons. The largest absolute Gasteiger partial charge is 0.497 e. The van der Waals surface area contributed by atoms with Crippen molar-refractivity contribution in [2.45, 2.75) is 0 Å². The molecule has 0 amide bonds. The molecule has 0 N–H and O–H groups in total. The second-order valence-corrected chi connectivity index (χ2v) is 2.63. The molecule has 3 nitrogen and oxygen atoms in total. The van der Waals surface area contributed by atoms with E-state index in [9.17, 15) is 0 Å². The fourth-order valence-corrected chi connectivity index (χ4v) is 1.08. The Kier molecular flexibility index (Phi) is 3.03. The Hall–Kier alpha value is -2.08. The molecule has 0 aliphatic carbocycles. The molecule has 0 aliphatic rings. The van der Waals surface area contributed by atoms with Gasteiger partial charge in [-0.2, -0.15) is 5.26 Å². The van der Waals surface area contributed by atoms with Gasteiger partial charge in [-0.1, -0.05) is 6.58 Å². The molecule has 14 heavy (non-hydrogen) atoms. The van der Waals surface area contributed by atoms with Crippen molar-refractivity contribution in [3.63, 3.8) is 0 Å². The van der Waals surface area contributed by atoms with Crippen LogP contribution < -0.4 is 0 Å². The summed E-state index contributed by atoms with van der Waals surface area (Å²) in [5, 5.41) is 8.71. The van der Waals surface area contributed by atoms with E-state index in [1.54, 1.807) is 18.2 Å². The average Bonchev–Trinajstić information content (AvgIpc) is 2.27. The number of nitriles is 1. The van der Waals surface area contributed by atoms with Crippen LogP contribution in [0.4, 0.5) is 5.69 Å². The van der Waals surface area contributed by atoms with Crippen LogP contribution in [-0.4, -0.2) is 13.8 Å². The topological polar surface area (TPSA) is 45.4 Å². The van der Waals surface area contributed by atoms with Gasteiger partial charge < -0.3 is 4.74 Å². The molecule has 1 rings (SSSR count). The van der Waals surface area contributed by atoms with Crippen LogP contribution in [0.5, 0.6) is 0 Å². The molecule has 0 unspecified atom stereocenters. The number of nitrogens with zero attached hydrogens (tertiary/aromatic N) is 2.